The molecular formula is C22H26FN5O. The van der Waals surface area contributed by atoms with Gasteiger partial charge in [0.25, 0.3) is 0 Å². The summed E-state index contributed by atoms with van der Waals surface area (Å²) in [7, 11) is 1.71. The van der Waals surface area contributed by atoms with E-state index in [-0.39, 0.29) is 11.6 Å². The van der Waals surface area contributed by atoms with E-state index in [1.54, 1.807) is 19.3 Å². The molecule has 0 unspecified atom stereocenters. The van der Waals surface area contributed by atoms with Gasteiger partial charge >= 0.3 is 0 Å². The van der Waals surface area contributed by atoms with E-state index < -0.39 is 0 Å². The zero-order valence-corrected chi connectivity index (χ0v) is 16.7. The molecule has 0 bridgehead atoms. The molecule has 0 spiro atoms. The van der Waals surface area contributed by atoms with Crippen molar-refractivity contribution >= 4 is 5.96 Å². The Labute approximate surface area is 170 Å². The molecule has 152 valence electrons. The van der Waals surface area contributed by atoms with Gasteiger partial charge in [0.15, 0.2) is 17.5 Å². The van der Waals surface area contributed by atoms with Crippen molar-refractivity contribution in [3.05, 3.63) is 83.4 Å². The summed E-state index contributed by atoms with van der Waals surface area (Å²) in [6, 6.07) is 15.1. The van der Waals surface area contributed by atoms with Gasteiger partial charge in [0.05, 0.1) is 13.2 Å². The number of hydrogen-bond donors (Lipinski definition) is 2. The number of halogens is 1. The Morgan fingerprint density at radius 1 is 1.10 bits per heavy atom. The van der Waals surface area contributed by atoms with Crippen LogP contribution in [0, 0.1) is 5.82 Å². The highest BCUT2D eigenvalue weighted by atomic mass is 19.1. The first-order valence-corrected chi connectivity index (χ1v) is 9.59. The number of aliphatic imine (C=N–C) groups is 1. The van der Waals surface area contributed by atoms with Crippen molar-refractivity contribution in [3.63, 3.8) is 0 Å². The van der Waals surface area contributed by atoms with Gasteiger partial charge < -0.3 is 15.4 Å². The molecule has 0 aliphatic rings. The summed E-state index contributed by atoms with van der Waals surface area (Å²) in [4.78, 5) is 4.25. The van der Waals surface area contributed by atoms with E-state index >= 15 is 0 Å². The Hall–Kier alpha value is -3.35. The lowest BCUT2D eigenvalue weighted by molar-refractivity contribution is 0.321. The van der Waals surface area contributed by atoms with Crippen LogP contribution in [0.1, 0.15) is 23.6 Å². The van der Waals surface area contributed by atoms with Crippen LogP contribution in [0.4, 0.5) is 4.39 Å². The molecule has 0 radical (unpaired) electrons. The molecule has 1 heterocycles. The van der Waals surface area contributed by atoms with Crippen LogP contribution in [0.2, 0.25) is 0 Å². The van der Waals surface area contributed by atoms with E-state index in [0.29, 0.717) is 32.2 Å². The van der Waals surface area contributed by atoms with Gasteiger partial charge in [-0.1, -0.05) is 30.3 Å². The maximum Gasteiger partial charge on any atom is 0.191 e. The maximum absolute atomic E-state index is 14.0. The molecule has 3 rings (SSSR count). The van der Waals surface area contributed by atoms with Gasteiger partial charge in [0.2, 0.25) is 0 Å². The normalized spacial score (nSPS) is 11.3. The zero-order chi connectivity index (χ0) is 20.5. The molecule has 2 N–H and O–H groups in total. The van der Waals surface area contributed by atoms with E-state index in [1.165, 1.54) is 11.6 Å². The lowest BCUT2D eigenvalue weighted by Crippen LogP contribution is -2.36. The van der Waals surface area contributed by atoms with Gasteiger partial charge in [0, 0.05) is 32.5 Å². The van der Waals surface area contributed by atoms with Gasteiger partial charge in [-0.2, -0.15) is 5.10 Å². The molecule has 6 nitrogen and oxygen atoms in total. The standard InChI is InChI=1S/C22H26FN5O/c1-3-29-21-10-9-17(13-20(21)23)14-25-22(24-2)26-15-18-7-4-5-8-19(18)16-28-12-6-11-27-28/h4-13H,3,14-16H2,1-2H3,(H2,24,25,26). The number of aromatic nitrogens is 2. The summed E-state index contributed by atoms with van der Waals surface area (Å²) in [6.45, 7) is 4.06. The van der Waals surface area contributed by atoms with E-state index in [1.807, 2.05) is 42.1 Å². The highest BCUT2D eigenvalue weighted by Crippen LogP contribution is 2.18. The third kappa shape index (κ3) is 5.81. The quantitative estimate of drug-likeness (QED) is 0.454. The van der Waals surface area contributed by atoms with Crippen molar-refractivity contribution in [1.82, 2.24) is 20.4 Å². The van der Waals surface area contributed by atoms with Crippen LogP contribution in [0.3, 0.4) is 0 Å². The summed E-state index contributed by atoms with van der Waals surface area (Å²) < 4.78 is 21.1. The smallest absolute Gasteiger partial charge is 0.191 e. The number of hydrogen-bond acceptors (Lipinski definition) is 3. The molecule has 0 saturated heterocycles. The van der Waals surface area contributed by atoms with Gasteiger partial charge in [-0.05, 0) is 41.8 Å². The van der Waals surface area contributed by atoms with Crippen molar-refractivity contribution in [3.8, 4) is 5.75 Å². The fourth-order valence-corrected chi connectivity index (χ4v) is 2.96. The predicted octanol–water partition coefficient (Wildman–Crippen LogP) is 3.33. The van der Waals surface area contributed by atoms with Gasteiger partial charge in [-0.25, -0.2) is 4.39 Å². The Morgan fingerprint density at radius 3 is 2.59 bits per heavy atom. The summed E-state index contributed by atoms with van der Waals surface area (Å²) in [5, 5.41) is 10.8. The first kappa shape index (κ1) is 20.4. The second kappa shape index (κ2) is 10.3. The van der Waals surface area contributed by atoms with Crippen molar-refractivity contribution in [1.29, 1.82) is 0 Å². The third-order valence-corrected chi connectivity index (χ3v) is 4.44. The highest BCUT2D eigenvalue weighted by Gasteiger charge is 2.07. The van der Waals surface area contributed by atoms with Gasteiger partial charge in [-0.15, -0.1) is 0 Å². The minimum atomic E-state index is -0.360. The van der Waals surface area contributed by atoms with Crippen LogP contribution in [-0.2, 0) is 19.6 Å². The van der Waals surface area contributed by atoms with Gasteiger partial charge in [-0.3, -0.25) is 9.67 Å². The largest absolute Gasteiger partial charge is 0.491 e. The minimum absolute atomic E-state index is 0.271. The van der Waals surface area contributed by atoms with Crippen LogP contribution >= 0.6 is 0 Å². The number of nitrogens with one attached hydrogen (secondary N) is 2. The zero-order valence-electron chi connectivity index (χ0n) is 16.7. The molecule has 0 aliphatic heterocycles. The Balaban J connectivity index is 1.57. The van der Waals surface area contributed by atoms with Crippen LogP contribution in [0.15, 0.2) is 65.9 Å². The second-order valence-electron chi connectivity index (χ2n) is 6.45. The molecule has 3 aromatic rings. The Bertz CT molecular complexity index is 940. The van der Waals surface area contributed by atoms with Crippen LogP contribution in [0.25, 0.3) is 0 Å². The number of benzene rings is 2. The van der Waals surface area contributed by atoms with E-state index in [9.17, 15) is 4.39 Å². The molecule has 7 heteroatoms. The first-order valence-electron chi connectivity index (χ1n) is 9.59. The summed E-state index contributed by atoms with van der Waals surface area (Å²) in [6.07, 6.45) is 3.72. The molecule has 0 amide bonds. The van der Waals surface area contributed by atoms with Crippen molar-refractivity contribution in [2.24, 2.45) is 4.99 Å². The average Bonchev–Trinajstić information content (AvgIpc) is 3.24. The number of nitrogens with zero attached hydrogens (tertiary/aromatic N) is 3. The van der Waals surface area contributed by atoms with E-state index in [4.69, 9.17) is 4.74 Å². The molecular weight excluding hydrogens is 369 g/mol. The number of ether oxygens (including phenoxy) is 1. The predicted molar refractivity (Wildman–Crippen MR) is 112 cm³/mol. The van der Waals surface area contributed by atoms with Crippen LogP contribution < -0.4 is 15.4 Å². The topological polar surface area (TPSA) is 63.5 Å². The molecule has 1 aromatic heterocycles. The molecule has 0 atom stereocenters. The van der Waals surface area contributed by atoms with Crippen molar-refractivity contribution in [2.45, 2.75) is 26.6 Å². The van der Waals surface area contributed by atoms with Gasteiger partial charge in [0.1, 0.15) is 0 Å². The highest BCUT2D eigenvalue weighted by molar-refractivity contribution is 5.79. The van der Waals surface area contributed by atoms with Crippen molar-refractivity contribution < 1.29 is 9.13 Å². The molecule has 2 aromatic carbocycles. The molecule has 0 aliphatic carbocycles. The van der Waals surface area contributed by atoms with Crippen molar-refractivity contribution in [2.75, 3.05) is 13.7 Å². The monoisotopic (exact) mass is 395 g/mol. The molecule has 29 heavy (non-hydrogen) atoms. The summed E-state index contributed by atoms with van der Waals surface area (Å²) in [5.74, 6) is 0.558. The number of guanidine groups is 1. The summed E-state index contributed by atoms with van der Waals surface area (Å²) >= 11 is 0. The Kier molecular flexibility index (Phi) is 7.22. The summed E-state index contributed by atoms with van der Waals surface area (Å²) in [5.41, 5.74) is 3.17. The Morgan fingerprint density at radius 2 is 1.90 bits per heavy atom. The minimum Gasteiger partial charge on any atom is -0.491 e. The first-order chi connectivity index (χ1) is 14.2. The van der Waals surface area contributed by atoms with Crippen LogP contribution in [-0.4, -0.2) is 29.4 Å². The van der Waals surface area contributed by atoms with Crippen LogP contribution in [0.5, 0.6) is 5.75 Å². The number of rotatable bonds is 8. The maximum atomic E-state index is 14.0. The van der Waals surface area contributed by atoms with E-state index in [2.05, 4.69) is 32.9 Å². The molecule has 0 saturated carbocycles. The fourth-order valence-electron chi connectivity index (χ4n) is 2.96. The fraction of sp³-hybridized carbons (Fsp3) is 0.273. The average molecular weight is 395 g/mol. The third-order valence-electron chi connectivity index (χ3n) is 4.44. The second-order valence-corrected chi connectivity index (χ2v) is 6.45. The molecule has 0 fully saturated rings. The lowest BCUT2D eigenvalue weighted by atomic mass is 10.1. The SMILES string of the molecule is CCOc1ccc(CNC(=NC)NCc2ccccc2Cn2cccn2)cc1F. The lowest BCUT2D eigenvalue weighted by Gasteiger charge is -2.15. The van der Waals surface area contributed by atoms with E-state index in [0.717, 1.165) is 11.1 Å².